The topological polar surface area (TPSA) is 59.0 Å². The predicted octanol–water partition coefficient (Wildman–Crippen LogP) is 2.67. The van der Waals surface area contributed by atoms with E-state index >= 15 is 0 Å². The van der Waals surface area contributed by atoms with Crippen molar-refractivity contribution < 1.29 is 19.4 Å². The van der Waals surface area contributed by atoms with Crippen molar-refractivity contribution in [3.05, 3.63) is 36.4 Å². The summed E-state index contributed by atoms with van der Waals surface area (Å²) in [5.74, 6) is 0.818. The van der Waals surface area contributed by atoms with Gasteiger partial charge in [-0.3, -0.25) is 4.79 Å². The highest BCUT2D eigenvalue weighted by molar-refractivity contribution is 5.91. The lowest BCUT2D eigenvalue weighted by molar-refractivity contribution is -0.107. The first-order valence-electron chi connectivity index (χ1n) is 6.35. The van der Waals surface area contributed by atoms with E-state index in [1.54, 1.807) is 25.2 Å². The van der Waals surface area contributed by atoms with Gasteiger partial charge in [0.25, 0.3) is 0 Å². The Labute approximate surface area is 123 Å². The Morgan fingerprint density at radius 2 is 1.67 bits per heavy atom. The van der Waals surface area contributed by atoms with E-state index in [0.29, 0.717) is 34.7 Å². The summed E-state index contributed by atoms with van der Waals surface area (Å²) in [5.41, 5.74) is 1.83. The summed E-state index contributed by atoms with van der Waals surface area (Å²) in [4.78, 5) is 12.5. The van der Waals surface area contributed by atoms with Crippen LogP contribution in [-0.2, 0) is 4.79 Å². The first-order chi connectivity index (χ1) is 10.1. The molecular formula is C16H17NO4. The number of carbonyl (C=O) groups is 1. The quantitative estimate of drug-likeness (QED) is 0.859. The van der Waals surface area contributed by atoms with E-state index in [4.69, 9.17) is 9.47 Å². The van der Waals surface area contributed by atoms with Gasteiger partial charge in [-0.2, -0.15) is 0 Å². The number of para-hydroxylation sites is 1. The largest absolute Gasteiger partial charge is 0.504 e. The van der Waals surface area contributed by atoms with Crippen LogP contribution in [0.4, 0.5) is 5.69 Å². The van der Waals surface area contributed by atoms with Gasteiger partial charge < -0.3 is 19.5 Å². The molecule has 0 heterocycles. The molecule has 0 saturated heterocycles. The average molecular weight is 287 g/mol. The van der Waals surface area contributed by atoms with E-state index in [1.807, 2.05) is 18.2 Å². The van der Waals surface area contributed by atoms with Crippen molar-refractivity contribution in [1.29, 1.82) is 0 Å². The van der Waals surface area contributed by atoms with Gasteiger partial charge in [0.1, 0.15) is 5.75 Å². The molecule has 0 atom stereocenters. The Kier molecular flexibility index (Phi) is 4.33. The van der Waals surface area contributed by atoms with Crippen LogP contribution < -0.4 is 14.4 Å². The summed E-state index contributed by atoms with van der Waals surface area (Å²) in [6, 6.07) is 10.6. The normalized spacial score (nSPS) is 10.0. The van der Waals surface area contributed by atoms with E-state index < -0.39 is 0 Å². The molecule has 0 fully saturated rings. The third-order valence-electron chi connectivity index (χ3n) is 3.25. The minimum absolute atomic E-state index is 0.0244. The molecule has 0 aliphatic heterocycles. The van der Waals surface area contributed by atoms with Crippen LogP contribution in [0.15, 0.2) is 36.4 Å². The van der Waals surface area contributed by atoms with Crippen molar-refractivity contribution in [3.63, 3.8) is 0 Å². The molecule has 110 valence electrons. The Morgan fingerprint density at radius 3 is 2.29 bits per heavy atom. The lowest BCUT2D eigenvalue weighted by Gasteiger charge is -2.19. The highest BCUT2D eigenvalue weighted by atomic mass is 16.5. The number of nitrogens with zero attached hydrogens (tertiary/aromatic N) is 1. The highest BCUT2D eigenvalue weighted by Gasteiger charge is 2.19. The second-order valence-electron chi connectivity index (χ2n) is 4.43. The van der Waals surface area contributed by atoms with Crippen molar-refractivity contribution in [3.8, 4) is 28.4 Å². The molecule has 0 aromatic heterocycles. The first-order valence-corrected chi connectivity index (χ1v) is 6.35. The SMILES string of the molecule is COc1ccc(OC)c(-c2ccccc2N(C)C=O)c1O. The zero-order chi connectivity index (χ0) is 15.4. The van der Waals surface area contributed by atoms with Crippen molar-refractivity contribution in [2.45, 2.75) is 0 Å². The van der Waals surface area contributed by atoms with Crippen LogP contribution in [0.2, 0.25) is 0 Å². The Bertz CT molecular complexity index is 655. The number of hydrogen-bond acceptors (Lipinski definition) is 4. The first kappa shape index (κ1) is 14.7. The maximum Gasteiger partial charge on any atom is 0.213 e. The van der Waals surface area contributed by atoms with Crippen LogP contribution in [0.3, 0.4) is 0 Å². The summed E-state index contributed by atoms with van der Waals surface area (Å²) in [6.45, 7) is 0. The monoisotopic (exact) mass is 287 g/mol. The van der Waals surface area contributed by atoms with Crippen LogP contribution in [0.25, 0.3) is 11.1 Å². The van der Waals surface area contributed by atoms with Gasteiger partial charge in [-0.15, -0.1) is 0 Å². The second-order valence-corrected chi connectivity index (χ2v) is 4.43. The summed E-state index contributed by atoms with van der Waals surface area (Å²) >= 11 is 0. The standard InChI is InChI=1S/C16H17NO4/c1-17(10-18)12-7-5-4-6-11(12)15-13(20-2)8-9-14(21-3)16(15)19/h4-10,19H,1-3H3. The van der Waals surface area contributed by atoms with Gasteiger partial charge in [0, 0.05) is 12.6 Å². The molecular weight excluding hydrogens is 270 g/mol. The zero-order valence-corrected chi connectivity index (χ0v) is 12.2. The van der Waals surface area contributed by atoms with Crippen LogP contribution in [0.5, 0.6) is 17.2 Å². The fourth-order valence-corrected chi connectivity index (χ4v) is 2.20. The lowest BCUT2D eigenvalue weighted by atomic mass is 10.0. The Morgan fingerprint density at radius 1 is 1.05 bits per heavy atom. The number of hydrogen-bond donors (Lipinski definition) is 1. The third-order valence-corrected chi connectivity index (χ3v) is 3.25. The number of phenolic OH excluding ortho intramolecular Hbond substituents is 1. The van der Waals surface area contributed by atoms with Gasteiger partial charge in [-0.25, -0.2) is 0 Å². The fraction of sp³-hybridized carbons (Fsp3) is 0.188. The molecule has 21 heavy (non-hydrogen) atoms. The molecule has 0 spiro atoms. The van der Waals surface area contributed by atoms with Gasteiger partial charge in [0.05, 0.1) is 25.5 Å². The molecule has 0 aliphatic rings. The molecule has 0 bridgehead atoms. The smallest absolute Gasteiger partial charge is 0.213 e. The van der Waals surface area contributed by atoms with Crippen LogP contribution >= 0.6 is 0 Å². The van der Waals surface area contributed by atoms with Crippen LogP contribution in [-0.4, -0.2) is 32.8 Å². The molecule has 0 saturated carbocycles. The number of benzene rings is 2. The van der Waals surface area contributed by atoms with Crippen molar-refractivity contribution in [2.24, 2.45) is 0 Å². The number of aromatic hydroxyl groups is 1. The molecule has 0 radical (unpaired) electrons. The average Bonchev–Trinajstić information content (AvgIpc) is 2.53. The summed E-state index contributed by atoms with van der Waals surface area (Å²) in [6.07, 6.45) is 0.711. The number of anilines is 1. The number of phenols is 1. The van der Waals surface area contributed by atoms with Gasteiger partial charge in [-0.05, 0) is 18.2 Å². The molecule has 0 aliphatic carbocycles. The number of amides is 1. The second kappa shape index (κ2) is 6.17. The maximum absolute atomic E-state index is 11.1. The van der Waals surface area contributed by atoms with Crippen molar-refractivity contribution in [2.75, 3.05) is 26.2 Å². The Balaban J connectivity index is 2.74. The van der Waals surface area contributed by atoms with E-state index in [9.17, 15) is 9.90 Å². The predicted molar refractivity (Wildman–Crippen MR) is 81.1 cm³/mol. The zero-order valence-electron chi connectivity index (χ0n) is 12.2. The third kappa shape index (κ3) is 2.63. The number of ether oxygens (including phenoxy) is 2. The van der Waals surface area contributed by atoms with E-state index in [0.717, 1.165) is 0 Å². The van der Waals surface area contributed by atoms with Gasteiger partial charge in [-0.1, -0.05) is 18.2 Å². The fourth-order valence-electron chi connectivity index (χ4n) is 2.20. The molecule has 5 heteroatoms. The molecule has 1 N–H and O–H groups in total. The molecule has 2 rings (SSSR count). The van der Waals surface area contributed by atoms with Crippen LogP contribution in [0.1, 0.15) is 0 Å². The molecule has 2 aromatic rings. The molecule has 0 unspecified atom stereocenters. The summed E-state index contributed by atoms with van der Waals surface area (Å²) < 4.78 is 10.5. The van der Waals surface area contributed by atoms with Crippen molar-refractivity contribution in [1.82, 2.24) is 0 Å². The van der Waals surface area contributed by atoms with E-state index in [2.05, 4.69) is 0 Å². The van der Waals surface area contributed by atoms with Gasteiger partial charge in [0.15, 0.2) is 11.5 Å². The lowest BCUT2D eigenvalue weighted by Crippen LogP contribution is -2.14. The number of methoxy groups -OCH3 is 2. The van der Waals surface area contributed by atoms with E-state index in [-0.39, 0.29) is 5.75 Å². The summed E-state index contributed by atoms with van der Waals surface area (Å²) in [5, 5.41) is 10.4. The number of carbonyl (C=O) groups excluding carboxylic acids is 1. The van der Waals surface area contributed by atoms with Gasteiger partial charge in [0.2, 0.25) is 6.41 Å². The van der Waals surface area contributed by atoms with Crippen molar-refractivity contribution >= 4 is 12.1 Å². The number of rotatable bonds is 5. The maximum atomic E-state index is 11.1. The van der Waals surface area contributed by atoms with Gasteiger partial charge >= 0.3 is 0 Å². The summed E-state index contributed by atoms with van der Waals surface area (Å²) in [7, 11) is 4.65. The Hall–Kier alpha value is -2.69. The molecule has 2 aromatic carbocycles. The molecule has 1 amide bonds. The minimum Gasteiger partial charge on any atom is -0.504 e. The highest BCUT2D eigenvalue weighted by Crippen LogP contribution is 2.46. The van der Waals surface area contributed by atoms with E-state index in [1.165, 1.54) is 19.1 Å². The minimum atomic E-state index is -0.0244. The molecule has 5 nitrogen and oxygen atoms in total. The van der Waals surface area contributed by atoms with Crippen LogP contribution in [0, 0.1) is 0 Å².